The summed E-state index contributed by atoms with van der Waals surface area (Å²) in [4.78, 5) is 21.6. The van der Waals surface area contributed by atoms with Gasteiger partial charge in [0.2, 0.25) is 0 Å². The van der Waals surface area contributed by atoms with Crippen LogP contribution in [-0.2, 0) is 27.8 Å². The van der Waals surface area contributed by atoms with Gasteiger partial charge in [-0.25, -0.2) is 0 Å². The molecular formula is C15H23CoO3P. The Bertz CT molecular complexity index is 400. The van der Waals surface area contributed by atoms with E-state index in [4.69, 9.17) is 0 Å². The zero-order chi connectivity index (χ0) is 14.1. The van der Waals surface area contributed by atoms with Crippen molar-refractivity contribution in [3.05, 3.63) is 29.8 Å². The van der Waals surface area contributed by atoms with Crippen LogP contribution in [0.4, 0.5) is 0 Å². The van der Waals surface area contributed by atoms with Crippen LogP contribution in [0.5, 0.6) is 0 Å². The van der Waals surface area contributed by atoms with E-state index in [0.717, 1.165) is 18.4 Å². The fourth-order valence-electron chi connectivity index (χ4n) is 2.13. The molecule has 0 aliphatic carbocycles. The third kappa shape index (κ3) is 8.23. The van der Waals surface area contributed by atoms with Crippen molar-refractivity contribution in [2.24, 2.45) is 0 Å². The van der Waals surface area contributed by atoms with Crippen LogP contribution >= 0.6 is 7.60 Å². The van der Waals surface area contributed by atoms with E-state index in [0.29, 0.717) is 0 Å². The number of rotatable bonds is 9. The predicted octanol–water partition coefficient (Wildman–Crippen LogP) is 2.52. The predicted molar refractivity (Wildman–Crippen MR) is 75.4 cm³/mol. The number of hydrogen-bond acceptors (Lipinski definition) is 3. The third-order valence-electron chi connectivity index (χ3n) is 3.32. The minimum absolute atomic E-state index is 0. The van der Waals surface area contributed by atoms with E-state index in [-0.39, 0.29) is 22.1 Å². The molecule has 0 heterocycles. The molecule has 3 nitrogen and oxygen atoms in total. The Balaban J connectivity index is 0.00000361. The topological polar surface area (TPSA) is 63.2 Å². The molecule has 5 heteroatoms. The summed E-state index contributed by atoms with van der Waals surface area (Å²) in [6.07, 6.45) is 9.80. The summed E-state index contributed by atoms with van der Waals surface area (Å²) in [5, 5.41) is -0.115. The molecule has 0 aliphatic heterocycles. The summed E-state index contributed by atoms with van der Waals surface area (Å²) in [7, 11) is -4.59. The first-order chi connectivity index (χ1) is 9.04. The van der Waals surface area contributed by atoms with Gasteiger partial charge in [0, 0.05) is 0 Å². The zero-order valence-electron chi connectivity index (χ0n) is 12.0. The number of unbranched alkanes of at least 4 members (excludes halogenated alkanes) is 6. The molecule has 0 saturated carbocycles. The van der Waals surface area contributed by atoms with Crippen LogP contribution in [-0.4, -0.2) is 0 Å². The van der Waals surface area contributed by atoms with Crippen LogP contribution in [0.15, 0.2) is 24.3 Å². The van der Waals surface area contributed by atoms with E-state index in [9.17, 15) is 14.4 Å². The first-order valence-electron chi connectivity index (χ1n) is 7.15. The molecule has 0 amide bonds. The molecule has 0 N–H and O–H groups in total. The molecule has 1 aromatic carbocycles. The number of benzene rings is 1. The van der Waals surface area contributed by atoms with Gasteiger partial charge in [0.25, 0.3) is 0 Å². The Morgan fingerprint density at radius 2 is 1.40 bits per heavy atom. The van der Waals surface area contributed by atoms with Crippen molar-refractivity contribution in [1.82, 2.24) is 0 Å². The molecular weight excluding hydrogens is 318 g/mol. The first-order valence-corrected chi connectivity index (χ1v) is 8.70. The Hall–Kier alpha value is -0.124. The molecule has 0 fully saturated rings. The van der Waals surface area contributed by atoms with Gasteiger partial charge in [0.15, 0.2) is 0 Å². The second-order valence-corrected chi connectivity index (χ2v) is 6.55. The van der Waals surface area contributed by atoms with Gasteiger partial charge in [-0.05, 0) is 31.3 Å². The van der Waals surface area contributed by atoms with E-state index in [1.54, 1.807) is 12.1 Å². The molecule has 0 atom stereocenters. The summed E-state index contributed by atoms with van der Waals surface area (Å²) in [5.74, 6) is 0. The molecule has 115 valence electrons. The molecule has 0 unspecified atom stereocenters. The maximum atomic E-state index is 10.8. The van der Waals surface area contributed by atoms with E-state index in [1.807, 2.05) is 0 Å². The molecule has 0 bridgehead atoms. The summed E-state index contributed by atoms with van der Waals surface area (Å²) < 4.78 is 10.8. The Labute approximate surface area is 132 Å². The van der Waals surface area contributed by atoms with Gasteiger partial charge in [-0.3, -0.25) is 0 Å². The van der Waals surface area contributed by atoms with Crippen molar-refractivity contribution >= 4 is 12.9 Å². The van der Waals surface area contributed by atoms with Gasteiger partial charge in [-0.1, -0.05) is 69.7 Å². The van der Waals surface area contributed by atoms with Crippen LogP contribution in [0.3, 0.4) is 0 Å². The Morgan fingerprint density at radius 1 is 0.900 bits per heavy atom. The average Bonchev–Trinajstić information content (AvgIpc) is 2.37. The summed E-state index contributed by atoms with van der Waals surface area (Å²) in [5.41, 5.74) is 1.10. The largest absolute Gasteiger partial charge is 2.00 e. The van der Waals surface area contributed by atoms with Crippen molar-refractivity contribution in [3.63, 3.8) is 0 Å². The molecule has 20 heavy (non-hydrogen) atoms. The van der Waals surface area contributed by atoms with Gasteiger partial charge in [-0.15, -0.1) is 0 Å². The second kappa shape index (κ2) is 10.6. The second-order valence-electron chi connectivity index (χ2n) is 5.04. The van der Waals surface area contributed by atoms with Gasteiger partial charge in [0.1, 0.15) is 0 Å². The smallest absolute Gasteiger partial charge is 0.807 e. The Kier molecular flexibility index (Phi) is 10.5. The Morgan fingerprint density at radius 3 is 1.90 bits per heavy atom. The van der Waals surface area contributed by atoms with E-state index in [2.05, 4.69) is 6.92 Å². The SMILES string of the molecule is CCCCCCCCCc1ccc(P(=O)([O-])[O-])cc1.[Co+2]. The molecule has 1 aromatic rings. The number of aryl methyl sites for hydroxylation is 1. The van der Waals surface area contributed by atoms with E-state index >= 15 is 0 Å². The molecule has 0 aliphatic rings. The number of hydrogen-bond donors (Lipinski definition) is 0. The summed E-state index contributed by atoms with van der Waals surface area (Å²) in [6, 6.07) is 6.32. The molecule has 1 radical (unpaired) electrons. The maximum Gasteiger partial charge on any atom is 2.00 e. The van der Waals surface area contributed by atoms with Crippen LogP contribution < -0.4 is 15.1 Å². The summed E-state index contributed by atoms with van der Waals surface area (Å²) in [6.45, 7) is 2.21. The minimum Gasteiger partial charge on any atom is -0.807 e. The molecule has 0 saturated heterocycles. The first kappa shape index (κ1) is 19.9. The van der Waals surface area contributed by atoms with Crippen LogP contribution in [0.25, 0.3) is 0 Å². The summed E-state index contributed by atoms with van der Waals surface area (Å²) >= 11 is 0. The van der Waals surface area contributed by atoms with Gasteiger partial charge in [0.05, 0.1) is 0 Å². The molecule has 1 rings (SSSR count). The van der Waals surface area contributed by atoms with Crippen molar-refractivity contribution in [2.45, 2.75) is 58.3 Å². The average molecular weight is 341 g/mol. The zero-order valence-corrected chi connectivity index (χ0v) is 13.9. The standard InChI is InChI=1S/C15H25O3P.Co/c1-2-3-4-5-6-7-8-9-14-10-12-15(13-11-14)19(16,17)18;/h10-13H,2-9H2,1H3,(H2,16,17,18);/q;+2/p-2. The normalized spacial score (nSPS) is 11.2. The molecule has 0 spiro atoms. The van der Waals surface area contributed by atoms with Crippen LogP contribution in [0.2, 0.25) is 0 Å². The van der Waals surface area contributed by atoms with Crippen LogP contribution in [0.1, 0.15) is 57.4 Å². The van der Waals surface area contributed by atoms with E-state index in [1.165, 1.54) is 50.7 Å². The minimum atomic E-state index is -4.59. The van der Waals surface area contributed by atoms with Crippen LogP contribution in [0, 0.1) is 0 Å². The molecule has 0 aromatic heterocycles. The van der Waals surface area contributed by atoms with E-state index < -0.39 is 7.60 Å². The van der Waals surface area contributed by atoms with Gasteiger partial charge in [-0.2, -0.15) is 0 Å². The fraction of sp³-hybridized carbons (Fsp3) is 0.600. The maximum absolute atomic E-state index is 10.8. The van der Waals surface area contributed by atoms with Gasteiger partial charge < -0.3 is 14.4 Å². The fourth-order valence-corrected chi connectivity index (χ4v) is 2.65. The van der Waals surface area contributed by atoms with Gasteiger partial charge >= 0.3 is 16.8 Å². The van der Waals surface area contributed by atoms with Crippen molar-refractivity contribution in [3.8, 4) is 0 Å². The monoisotopic (exact) mass is 341 g/mol. The van der Waals surface area contributed by atoms with Crippen molar-refractivity contribution in [2.75, 3.05) is 0 Å². The van der Waals surface area contributed by atoms with Crippen molar-refractivity contribution < 1.29 is 31.1 Å². The quantitative estimate of drug-likeness (QED) is 0.512. The van der Waals surface area contributed by atoms with Crippen molar-refractivity contribution in [1.29, 1.82) is 0 Å². The third-order valence-corrected chi connectivity index (χ3v) is 4.25.